The average molecular weight is 508 g/mol. The number of carbonyl (C=O) groups excluding carboxylic acids is 3. The number of nitrogens with zero attached hydrogens (tertiary/aromatic N) is 3. The largest absolute Gasteiger partial charge is 0.340 e. The van der Waals surface area contributed by atoms with Crippen LogP contribution in [0, 0.1) is 35.5 Å². The summed E-state index contributed by atoms with van der Waals surface area (Å²) in [5.74, 6) is 3.44. The zero-order valence-electron chi connectivity index (χ0n) is 25.5. The van der Waals surface area contributed by atoms with Gasteiger partial charge in [-0.15, -0.1) is 0 Å². The molecule has 0 aliphatic carbocycles. The SMILES string of the molecule is CC(C)C1CCN(C(C)C)C1=O.CC(C)[C@@H]1CCN(C(C)C)C1=O.CC(C)[C@H]1CCN(C(C)C)C1=O. The number of carbonyl (C=O) groups is 3. The van der Waals surface area contributed by atoms with Gasteiger partial charge in [-0.1, -0.05) is 41.5 Å². The molecule has 3 fully saturated rings. The highest BCUT2D eigenvalue weighted by Gasteiger charge is 2.36. The predicted octanol–water partition coefficient (Wildman–Crippen LogP) is 5.70. The van der Waals surface area contributed by atoms with E-state index in [1.165, 1.54) is 0 Å². The molecule has 3 amide bonds. The van der Waals surface area contributed by atoms with Gasteiger partial charge >= 0.3 is 0 Å². The Morgan fingerprint density at radius 2 is 0.639 bits per heavy atom. The van der Waals surface area contributed by atoms with Gasteiger partial charge in [-0.05, 0) is 78.6 Å². The summed E-state index contributed by atoms with van der Waals surface area (Å²) >= 11 is 0. The Hall–Kier alpha value is -1.59. The number of amides is 3. The second-order valence-electron chi connectivity index (χ2n) is 12.8. The summed E-state index contributed by atoms with van der Waals surface area (Å²) in [6.07, 6.45) is 3.15. The van der Waals surface area contributed by atoms with Gasteiger partial charge < -0.3 is 14.7 Å². The third-order valence-corrected chi connectivity index (χ3v) is 8.13. The average Bonchev–Trinajstić information content (AvgIpc) is 3.44. The van der Waals surface area contributed by atoms with Crippen molar-refractivity contribution in [3.8, 4) is 0 Å². The quantitative estimate of drug-likeness (QED) is 0.463. The van der Waals surface area contributed by atoms with Crippen LogP contribution in [0.25, 0.3) is 0 Å². The van der Waals surface area contributed by atoms with E-state index in [1.807, 2.05) is 14.7 Å². The Balaban J connectivity index is 0.000000270. The highest BCUT2D eigenvalue weighted by Crippen LogP contribution is 2.28. The van der Waals surface area contributed by atoms with E-state index in [9.17, 15) is 14.4 Å². The molecule has 0 saturated carbocycles. The molecule has 3 aliphatic rings. The standard InChI is InChI=1S/3C10H19NO/c3*1-7(2)9-5-6-11(8(3)4)10(9)12/h3*7-9H,5-6H2,1-4H3/t2*9-;/m10./s1. The van der Waals surface area contributed by atoms with Crippen molar-refractivity contribution in [2.24, 2.45) is 35.5 Å². The molecule has 6 heteroatoms. The molecule has 210 valence electrons. The van der Waals surface area contributed by atoms with Gasteiger partial charge in [-0.25, -0.2) is 0 Å². The number of hydrogen-bond acceptors (Lipinski definition) is 3. The van der Waals surface area contributed by atoms with Crippen LogP contribution in [0.3, 0.4) is 0 Å². The Morgan fingerprint density at radius 3 is 0.722 bits per heavy atom. The summed E-state index contributed by atoms with van der Waals surface area (Å²) in [5, 5.41) is 0. The third-order valence-electron chi connectivity index (χ3n) is 8.13. The maximum absolute atomic E-state index is 11.7. The summed E-state index contributed by atoms with van der Waals surface area (Å²) in [7, 11) is 0. The molecule has 36 heavy (non-hydrogen) atoms. The van der Waals surface area contributed by atoms with E-state index >= 15 is 0 Å². The first kappa shape index (κ1) is 32.4. The van der Waals surface area contributed by atoms with Crippen LogP contribution in [0.2, 0.25) is 0 Å². The van der Waals surface area contributed by atoms with Gasteiger partial charge in [0.15, 0.2) is 0 Å². The zero-order valence-corrected chi connectivity index (χ0v) is 25.5. The van der Waals surface area contributed by atoms with E-state index < -0.39 is 0 Å². The topological polar surface area (TPSA) is 60.9 Å². The Labute approximate surface area is 222 Å². The van der Waals surface area contributed by atoms with Crippen LogP contribution in [-0.4, -0.2) is 70.2 Å². The summed E-state index contributed by atoms with van der Waals surface area (Å²) in [5.41, 5.74) is 0. The third kappa shape index (κ3) is 8.48. The molecule has 3 rings (SSSR count). The van der Waals surface area contributed by atoms with Crippen molar-refractivity contribution >= 4 is 17.7 Å². The van der Waals surface area contributed by atoms with Crippen LogP contribution in [0.1, 0.15) is 102 Å². The Kier molecular flexibility index (Phi) is 13.0. The van der Waals surface area contributed by atoms with Gasteiger partial charge in [0.2, 0.25) is 17.7 Å². The molecule has 3 aliphatic heterocycles. The summed E-state index contributed by atoms with van der Waals surface area (Å²) in [6, 6.07) is 1.13. The first-order chi connectivity index (χ1) is 16.6. The van der Waals surface area contributed by atoms with Crippen LogP contribution < -0.4 is 0 Å². The van der Waals surface area contributed by atoms with E-state index in [2.05, 4.69) is 83.1 Å². The molecule has 0 spiro atoms. The van der Waals surface area contributed by atoms with Crippen molar-refractivity contribution in [1.29, 1.82) is 0 Å². The van der Waals surface area contributed by atoms with Gasteiger partial charge in [0.1, 0.15) is 0 Å². The molecule has 0 aromatic carbocycles. The molecule has 6 nitrogen and oxygen atoms in total. The molecule has 0 aromatic heterocycles. The minimum Gasteiger partial charge on any atom is -0.340 e. The number of likely N-dealkylation sites (tertiary alicyclic amines) is 3. The molecule has 0 N–H and O–H groups in total. The van der Waals surface area contributed by atoms with Gasteiger partial charge in [-0.3, -0.25) is 14.4 Å². The van der Waals surface area contributed by atoms with Crippen LogP contribution >= 0.6 is 0 Å². The van der Waals surface area contributed by atoms with Crippen LogP contribution in [0.5, 0.6) is 0 Å². The minimum absolute atomic E-state index is 0.285. The van der Waals surface area contributed by atoms with Gasteiger partial charge in [0.05, 0.1) is 0 Å². The lowest BCUT2D eigenvalue weighted by atomic mass is 9.95. The van der Waals surface area contributed by atoms with Crippen molar-refractivity contribution in [2.75, 3.05) is 19.6 Å². The van der Waals surface area contributed by atoms with Crippen molar-refractivity contribution in [2.45, 2.75) is 120 Å². The number of rotatable bonds is 6. The Bertz CT molecular complexity index is 565. The fourth-order valence-corrected chi connectivity index (χ4v) is 5.57. The van der Waals surface area contributed by atoms with E-state index in [0.717, 1.165) is 38.9 Å². The normalized spacial score (nSPS) is 24.7. The fraction of sp³-hybridized carbons (Fsp3) is 0.900. The van der Waals surface area contributed by atoms with Crippen LogP contribution in [-0.2, 0) is 14.4 Å². The minimum atomic E-state index is 0.285. The van der Waals surface area contributed by atoms with Crippen LogP contribution in [0.4, 0.5) is 0 Å². The lowest BCUT2D eigenvalue weighted by molar-refractivity contribution is -0.134. The van der Waals surface area contributed by atoms with Gasteiger partial charge in [0, 0.05) is 55.5 Å². The predicted molar refractivity (Wildman–Crippen MR) is 149 cm³/mol. The molecule has 0 radical (unpaired) electrons. The summed E-state index contributed by atoms with van der Waals surface area (Å²) in [4.78, 5) is 41.1. The molecule has 0 bridgehead atoms. The van der Waals surface area contributed by atoms with Crippen molar-refractivity contribution in [1.82, 2.24) is 14.7 Å². The second kappa shape index (κ2) is 14.4. The Morgan fingerprint density at radius 1 is 0.444 bits per heavy atom. The zero-order chi connectivity index (χ0) is 27.9. The van der Waals surface area contributed by atoms with Crippen molar-refractivity contribution in [3.63, 3.8) is 0 Å². The molecule has 1 unspecified atom stereocenters. The maximum atomic E-state index is 11.7. The molecule has 3 atom stereocenters. The van der Waals surface area contributed by atoms with E-state index in [0.29, 0.717) is 53.6 Å². The van der Waals surface area contributed by atoms with Gasteiger partial charge in [0.25, 0.3) is 0 Å². The van der Waals surface area contributed by atoms with Crippen molar-refractivity contribution in [3.05, 3.63) is 0 Å². The molecule has 0 aromatic rings. The lowest BCUT2D eigenvalue weighted by Gasteiger charge is -2.21. The first-order valence-corrected chi connectivity index (χ1v) is 14.5. The molecule has 3 heterocycles. The fourth-order valence-electron chi connectivity index (χ4n) is 5.57. The van der Waals surface area contributed by atoms with Crippen LogP contribution in [0.15, 0.2) is 0 Å². The monoisotopic (exact) mass is 507 g/mol. The maximum Gasteiger partial charge on any atom is 0.226 e. The highest BCUT2D eigenvalue weighted by molar-refractivity contribution is 5.82. The highest BCUT2D eigenvalue weighted by atomic mass is 16.2. The van der Waals surface area contributed by atoms with E-state index in [1.54, 1.807) is 0 Å². The molecular weight excluding hydrogens is 450 g/mol. The van der Waals surface area contributed by atoms with Gasteiger partial charge in [-0.2, -0.15) is 0 Å². The second-order valence-corrected chi connectivity index (χ2v) is 12.8. The van der Waals surface area contributed by atoms with E-state index in [4.69, 9.17) is 0 Å². The first-order valence-electron chi connectivity index (χ1n) is 14.5. The van der Waals surface area contributed by atoms with Crippen molar-refractivity contribution < 1.29 is 14.4 Å². The lowest BCUT2D eigenvalue weighted by Crippen LogP contribution is -2.34. The molecule has 3 saturated heterocycles. The number of hydrogen-bond donors (Lipinski definition) is 0. The smallest absolute Gasteiger partial charge is 0.226 e. The molecular formula is C30H57N3O3. The summed E-state index contributed by atoms with van der Waals surface area (Å²) < 4.78 is 0. The van der Waals surface area contributed by atoms with E-state index in [-0.39, 0.29) is 17.8 Å². The summed E-state index contributed by atoms with van der Waals surface area (Å²) in [6.45, 7) is 28.2.